The number of ether oxygens (including phenoxy) is 1. The van der Waals surface area contributed by atoms with Gasteiger partial charge in [0.25, 0.3) is 6.43 Å². The van der Waals surface area contributed by atoms with Crippen LogP contribution in [0.4, 0.5) is 8.78 Å². The lowest BCUT2D eigenvalue weighted by Gasteiger charge is -2.40. The van der Waals surface area contributed by atoms with Gasteiger partial charge in [-0.15, -0.1) is 0 Å². The molecule has 1 fully saturated rings. The van der Waals surface area contributed by atoms with E-state index in [0.29, 0.717) is 0 Å². The van der Waals surface area contributed by atoms with Crippen LogP contribution in [-0.4, -0.2) is 31.7 Å². The zero-order chi connectivity index (χ0) is 12.2. The third-order valence-electron chi connectivity index (χ3n) is 3.24. The molecule has 1 saturated carbocycles. The summed E-state index contributed by atoms with van der Waals surface area (Å²) in [6.07, 6.45) is 0.552. The van der Waals surface area contributed by atoms with Crippen molar-refractivity contribution in [2.45, 2.75) is 58.6 Å². The molecule has 1 rings (SSSR count). The van der Waals surface area contributed by atoms with Crippen LogP contribution in [0.1, 0.15) is 40.0 Å². The summed E-state index contributed by atoms with van der Waals surface area (Å²) < 4.78 is 29.6. The van der Waals surface area contributed by atoms with E-state index in [1.165, 1.54) is 0 Å². The van der Waals surface area contributed by atoms with Gasteiger partial charge in [0.05, 0.1) is 6.10 Å². The maximum absolute atomic E-state index is 12.1. The van der Waals surface area contributed by atoms with Gasteiger partial charge in [0.2, 0.25) is 0 Å². The highest BCUT2D eigenvalue weighted by Crippen LogP contribution is 2.36. The molecule has 0 aromatic rings. The van der Waals surface area contributed by atoms with Gasteiger partial charge in [-0.1, -0.05) is 20.8 Å². The average Bonchev–Trinajstić information content (AvgIpc) is 2.18. The molecule has 0 bridgehead atoms. The van der Waals surface area contributed by atoms with E-state index in [9.17, 15) is 8.78 Å². The van der Waals surface area contributed by atoms with Crippen LogP contribution in [0.5, 0.6) is 0 Å². The highest BCUT2D eigenvalue weighted by atomic mass is 19.3. The Bertz CT molecular complexity index is 209. The standard InChI is InChI=1S/C12H23F2NO/c1-4-15-9-5-6-12(2,3)7-10(9)16-8-11(13)14/h9-11,15H,4-8H2,1-3H3. The topological polar surface area (TPSA) is 21.3 Å². The van der Waals surface area contributed by atoms with E-state index < -0.39 is 13.0 Å². The van der Waals surface area contributed by atoms with Crippen LogP contribution in [0.25, 0.3) is 0 Å². The molecule has 4 heteroatoms. The molecule has 0 spiro atoms. The molecular weight excluding hydrogens is 212 g/mol. The van der Waals surface area contributed by atoms with Crippen molar-refractivity contribution in [3.8, 4) is 0 Å². The summed E-state index contributed by atoms with van der Waals surface area (Å²) in [4.78, 5) is 0. The molecule has 1 N–H and O–H groups in total. The second kappa shape index (κ2) is 5.92. The molecule has 1 aliphatic carbocycles. The first-order chi connectivity index (χ1) is 7.44. The van der Waals surface area contributed by atoms with Crippen molar-refractivity contribution in [1.29, 1.82) is 0 Å². The highest BCUT2D eigenvalue weighted by molar-refractivity contribution is 4.89. The molecule has 0 radical (unpaired) electrons. The minimum Gasteiger partial charge on any atom is -0.371 e. The number of rotatable bonds is 5. The van der Waals surface area contributed by atoms with Gasteiger partial charge in [-0.2, -0.15) is 0 Å². The lowest BCUT2D eigenvalue weighted by atomic mass is 9.74. The number of nitrogens with one attached hydrogen (secondary N) is 1. The predicted molar refractivity (Wildman–Crippen MR) is 60.8 cm³/mol. The van der Waals surface area contributed by atoms with Crippen LogP contribution in [0.3, 0.4) is 0 Å². The number of halogens is 2. The molecule has 0 aliphatic heterocycles. The summed E-state index contributed by atoms with van der Waals surface area (Å²) in [6.45, 7) is 6.80. The number of hydrogen-bond donors (Lipinski definition) is 1. The van der Waals surface area contributed by atoms with E-state index in [0.717, 1.165) is 25.8 Å². The minimum atomic E-state index is -2.37. The van der Waals surface area contributed by atoms with E-state index in [-0.39, 0.29) is 17.6 Å². The third-order valence-corrected chi connectivity index (χ3v) is 3.24. The Morgan fingerprint density at radius 3 is 2.69 bits per heavy atom. The second-order valence-corrected chi connectivity index (χ2v) is 5.33. The molecule has 0 amide bonds. The second-order valence-electron chi connectivity index (χ2n) is 5.33. The molecule has 0 aromatic carbocycles. The number of likely N-dealkylation sites (N-methyl/N-ethyl adjacent to an activating group) is 1. The van der Waals surface area contributed by atoms with Crippen molar-refractivity contribution in [1.82, 2.24) is 5.32 Å². The summed E-state index contributed by atoms with van der Waals surface area (Å²) in [6, 6.07) is 0.233. The van der Waals surface area contributed by atoms with Gasteiger partial charge in [0.15, 0.2) is 0 Å². The Morgan fingerprint density at radius 2 is 2.12 bits per heavy atom. The normalized spacial score (nSPS) is 29.6. The van der Waals surface area contributed by atoms with Gasteiger partial charge in [-0.25, -0.2) is 8.78 Å². The maximum atomic E-state index is 12.1. The largest absolute Gasteiger partial charge is 0.371 e. The lowest BCUT2D eigenvalue weighted by molar-refractivity contribution is -0.0689. The zero-order valence-electron chi connectivity index (χ0n) is 10.4. The van der Waals surface area contributed by atoms with Gasteiger partial charge in [-0.05, 0) is 31.2 Å². The Morgan fingerprint density at radius 1 is 1.44 bits per heavy atom. The minimum absolute atomic E-state index is 0.0716. The number of alkyl halides is 2. The van der Waals surface area contributed by atoms with Crippen molar-refractivity contribution in [3.63, 3.8) is 0 Å². The smallest absolute Gasteiger partial charge is 0.261 e. The summed E-state index contributed by atoms with van der Waals surface area (Å²) >= 11 is 0. The van der Waals surface area contributed by atoms with E-state index in [1.54, 1.807) is 0 Å². The van der Waals surface area contributed by atoms with Crippen LogP contribution in [-0.2, 0) is 4.74 Å². The first-order valence-electron chi connectivity index (χ1n) is 6.08. The van der Waals surface area contributed by atoms with Crippen LogP contribution in [0.15, 0.2) is 0 Å². The quantitative estimate of drug-likeness (QED) is 0.791. The summed E-state index contributed by atoms with van der Waals surface area (Å²) in [5.74, 6) is 0. The molecule has 96 valence electrons. The van der Waals surface area contributed by atoms with Gasteiger partial charge in [0.1, 0.15) is 6.61 Å². The van der Waals surface area contributed by atoms with Crippen molar-refractivity contribution >= 4 is 0 Å². The van der Waals surface area contributed by atoms with Crippen LogP contribution in [0.2, 0.25) is 0 Å². The Kier molecular flexibility index (Phi) is 5.12. The van der Waals surface area contributed by atoms with Crippen LogP contribution in [0, 0.1) is 5.41 Å². The molecule has 2 atom stereocenters. The first kappa shape index (κ1) is 13.8. The molecule has 16 heavy (non-hydrogen) atoms. The fourth-order valence-corrected chi connectivity index (χ4v) is 2.39. The summed E-state index contributed by atoms with van der Waals surface area (Å²) in [5.41, 5.74) is 0.207. The molecule has 0 heterocycles. The molecule has 0 saturated heterocycles. The van der Waals surface area contributed by atoms with E-state index >= 15 is 0 Å². The van der Waals surface area contributed by atoms with Crippen molar-refractivity contribution in [2.24, 2.45) is 5.41 Å². The molecule has 0 aromatic heterocycles. The fourth-order valence-electron chi connectivity index (χ4n) is 2.39. The SMILES string of the molecule is CCNC1CCC(C)(C)CC1OCC(F)F. The molecular formula is C12H23F2NO. The molecule has 1 aliphatic rings. The van der Waals surface area contributed by atoms with Gasteiger partial charge in [-0.3, -0.25) is 0 Å². The molecule has 2 unspecified atom stereocenters. The van der Waals surface area contributed by atoms with Crippen LogP contribution < -0.4 is 5.32 Å². The Hall–Kier alpha value is -0.220. The Balaban J connectivity index is 2.50. The number of hydrogen-bond acceptors (Lipinski definition) is 2. The fraction of sp³-hybridized carbons (Fsp3) is 1.00. The summed E-state index contributed by atoms with van der Waals surface area (Å²) in [7, 11) is 0. The van der Waals surface area contributed by atoms with Crippen LogP contribution >= 0.6 is 0 Å². The lowest BCUT2D eigenvalue weighted by Crippen LogP contribution is -2.48. The first-order valence-corrected chi connectivity index (χ1v) is 6.08. The van der Waals surface area contributed by atoms with E-state index in [2.05, 4.69) is 19.2 Å². The maximum Gasteiger partial charge on any atom is 0.261 e. The van der Waals surface area contributed by atoms with E-state index in [1.807, 2.05) is 6.92 Å². The summed E-state index contributed by atoms with van der Waals surface area (Å²) in [5, 5.41) is 3.33. The zero-order valence-corrected chi connectivity index (χ0v) is 10.4. The van der Waals surface area contributed by atoms with Crippen molar-refractivity contribution < 1.29 is 13.5 Å². The van der Waals surface area contributed by atoms with Gasteiger partial charge < -0.3 is 10.1 Å². The molecule has 2 nitrogen and oxygen atoms in total. The van der Waals surface area contributed by atoms with Gasteiger partial charge in [0, 0.05) is 6.04 Å². The highest BCUT2D eigenvalue weighted by Gasteiger charge is 2.35. The van der Waals surface area contributed by atoms with Gasteiger partial charge >= 0.3 is 0 Å². The Labute approximate surface area is 96.7 Å². The van der Waals surface area contributed by atoms with Crippen molar-refractivity contribution in [2.75, 3.05) is 13.2 Å². The van der Waals surface area contributed by atoms with E-state index in [4.69, 9.17) is 4.74 Å². The third kappa shape index (κ3) is 4.34. The predicted octanol–water partition coefficient (Wildman–Crippen LogP) is 2.82. The monoisotopic (exact) mass is 235 g/mol. The average molecular weight is 235 g/mol. The van der Waals surface area contributed by atoms with Crippen molar-refractivity contribution in [3.05, 3.63) is 0 Å².